The van der Waals surface area contributed by atoms with Crippen LogP contribution in [0.1, 0.15) is 24.1 Å². The van der Waals surface area contributed by atoms with Crippen molar-refractivity contribution < 1.29 is 0 Å². The highest BCUT2D eigenvalue weighted by Crippen LogP contribution is 2.30. The number of nitrogens with two attached hydrogens (primary N) is 1. The van der Waals surface area contributed by atoms with Crippen LogP contribution in [-0.2, 0) is 0 Å². The molecule has 0 saturated carbocycles. The topological polar surface area (TPSA) is 53.0 Å². The first-order valence-electron chi connectivity index (χ1n) is 6.31. The first-order chi connectivity index (χ1) is 9.52. The van der Waals surface area contributed by atoms with Crippen LogP contribution >= 0.6 is 15.9 Å². The predicted octanol–water partition coefficient (Wildman–Crippen LogP) is 4.10. The molecule has 0 aliphatic rings. The lowest BCUT2D eigenvalue weighted by Gasteiger charge is -2.28. The maximum atomic E-state index is 9.24. The van der Waals surface area contributed by atoms with E-state index in [2.05, 4.69) is 33.8 Å². The maximum Gasteiger partial charge on any atom is 0.101 e. The molecule has 102 valence electrons. The molecule has 1 unspecified atom stereocenters. The number of hydrogen-bond acceptors (Lipinski definition) is 3. The lowest BCUT2D eigenvalue weighted by atomic mass is 10.0. The molecule has 0 aromatic heterocycles. The summed E-state index contributed by atoms with van der Waals surface area (Å²) in [5.41, 5.74) is 9.26. The highest BCUT2D eigenvalue weighted by molar-refractivity contribution is 9.10. The molecular formula is C16H16BrN3. The van der Waals surface area contributed by atoms with Gasteiger partial charge in [0.1, 0.15) is 6.07 Å². The van der Waals surface area contributed by atoms with E-state index in [0.717, 1.165) is 21.4 Å². The van der Waals surface area contributed by atoms with Crippen LogP contribution in [0.25, 0.3) is 0 Å². The first kappa shape index (κ1) is 14.4. The van der Waals surface area contributed by atoms with Gasteiger partial charge in [-0.25, -0.2) is 0 Å². The van der Waals surface area contributed by atoms with E-state index in [4.69, 9.17) is 5.73 Å². The number of hydrogen-bond donors (Lipinski definition) is 1. The Balaban J connectivity index is 2.38. The summed E-state index contributed by atoms with van der Waals surface area (Å²) < 4.78 is 0.957. The third-order valence-electron chi connectivity index (χ3n) is 3.43. The second-order valence-electron chi connectivity index (χ2n) is 4.73. The standard InChI is InChI=1S/C16H16BrN3/c1-11(12-4-3-5-15(19)8-12)20(2)16-9-14(17)7-6-13(16)10-18/h3-9,11H,19H2,1-2H3. The van der Waals surface area contributed by atoms with Crippen molar-refractivity contribution in [3.63, 3.8) is 0 Å². The molecule has 0 heterocycles. The second-order valence-corrected chi connectivity index (χ2v) is 5.65. The smallest absolute Gasteiger partial charge is 0.101 e. The first-order valence-corrected chi connectivity index (χ1v) is 7.10. The van der Waals surface area contributed by atoms with E-state index in [0.29, 0.717) is 5.56 Å². The zero-order chi connectivity index (χ0) is 14.7. The molecule has 0 saturated heterocycles. The number of nitrogens with zero attached hydrogens (tertiary/aromatic N) is 2. The van der Waals surface area contributed by atoms with Gasteiger partial charge in [-0.3, -0.25) is 0 Å². The van der Waals surface area contributed by atoms with Crippen LogP contribution in [0.3, 0.4) is 0 Å². The van der Waals surface area contributed by atoms with Gasteiger partial charge in [-0.15, -0.1) is 0 Å². The highest BCUT2D eigenvalue weighted by Gasteiger charge is 2.16. The minimum Gasteiger partial charge on any atom is -0.399 e. The molecule has 0 amide bonds. The SMILES string of the molecule is CC(c1cccc(N)c1)N(C)c1cc(Br)ccc1C#N. The van der Waals surface area contributed by atoms with Crippen molar-refractivity contribution >= 4 is 27.3 Å². The molecule has 2 rings (SSSR count). The number of nitriles is 1. The second kappa shape index (κ2) is 5.98. The van der Waals surface area contributed by atoms with Gasteiger partial charge < -0.3 is 10.6 Å². The van der Waals surface area contributed by atoms with Crippen LogP contribution < -0.4 is 10.6 Å². The van der Waals surface area contributed by atoms with E-state index in [1.165, 1.54) is 0 Å². The highest BCUT2D eigenvalue weighted by atomic mass is 79.9. The normalized spacial score (nSPS) is 11.7. The summed E-state index contributed by atoms with van der Waals surface area (Å²) in [7, 11) is 1.98. The number of anilines is 2. The van der Waals surface area contributed by atoms with Crippen molar-refractivity contribution in [2.45, 2.75) is 13.0 Å². The summed E-state index contributed by atoms with van der Waals surface area (Å²) in [6.07, 6.45) is 0. The Labute approximate surface area is 127 Å². The maximum absolute atomic E-state index is 9.24. The molecule has 1 atom stereocenters. The molecule has 4 heteroatoms. The fourth-order valence-corrected chi connectivity index (χ4v) is 2.49. The Morgan fingerprint density at radius 3 is 2.65 bits per heavy atom. The van der Waals surface area contributed by atoms with Crippen LogP contribution in [-0.4, -0.2) is 7.05 Å². The average molecular weight is 330 g/mol. The molecule has 3 nitrogen and oxygen atoms in total. The van der Waals surface area contributed by atoms with Gasteiger partial charge in [0.15, 0.2) is 0 Å². The fraction of sp³-hybridized carbons (Fsp3) is 0.188. The number of halogens is 1. The number of nitrogen functional groups attached to an aromatic ring is 1. The van der Waals surface area contributed by atoms with Crippen LogP contribution in [0.2, 0.25) is 0 Å². The average Bonchev–Trinajstić information content (AvgIpc) is 2.45. The van der Waals surface area contributed by atoms with Crippen molar-refractivity contribution in [2.75, 3.05) is 17.7 Å². The van der Waals surface area contributed by atoms with Gasteiger partial charge in [-0.1, -0.05) is 28.1 Å². The van der Waals surface area contributed by atoms with Crippen LogP contribution in [0.4, 0.5) is 11.4 Å². The summed E-state index contributed by atoms with van der Waals surface area (Å²) in [4.78, 5) is 2.08. The minimum atomic E-state index is 0.125. The summed E-state index contributed by atoms with van der Waals surface area (Å²) >= 11 is 3.45. The van der Waals surface area contributed by atoms with Gasteiger partial charge in [0.25, 0.3) is 0 Å². The van der Waals surface area contributed by atoms with Crippen molar-refractivity contribution in [3.8, 4) is 6.07 Å². The van der Waals surface area contributed by atoms with Gasteiger partial charge in [0.05, 0.1) is 17.3 Å². The zero-order valence-corrected chi connectivity index (χ0v) is 13.1. The molecule has 2 aromatic carbocycles. The molecule has 2 aromatic rings. The summed E-state index contributed by atoms with van der Waals surface area (Å²) in [5.74, 6) is 0. The molecular weight excluding hydrogens is 314 g/mol. The number of rotatable bonds is 3. The summed E-state index contributed by atoms with van der Waals surface area (Å²) in [6.45, 7) is 2.09. The minimum absolute atomic E-state index is 0.125. The van der Waals surface area contributed by atoms with Crippen LogP contribution in [0, 0.1) is 11.3 Å². The quantitative estimate of drug-likeness (QED) is 0.862. The van der Waals surface area contributed by atoms with Crippen LogP contribution in [0.5, 0.6) is 0 Å². The van der Waals surface area contributed by atoms with Gasteiger partial charge in [0, 0.05) is 17.2 Å². The van der Waals surface area contributed by atoms with E-state index < -0.39 is 0 Å². The van der Waals surface area contributed by atoms with Gasteiger partial charge >= 0.3 is 0 Å². The Morgan fingerprint density at radius 1 is 1.25 bits per heavy atom. The molecule has 0 radical (unpaired) electrons. The Hall–Kier alpha value is -1.99. The Bertz CT molecular complexity index is 661. The van der Waals surface area contributed by atoms with Gasteiger partial charge in [0.2, 0.25) is 0 Å². The van der Waals surface area contributed by atoms with Crippen molar-refractivity contribution in [1.82, 2.24) is 0 Å². The third-order valence-corrected chi connectivity index (χ3v) is 3.93. The largest absolute Gasteiger partial charge is 0.399 e. The summed E-state index contributed by atoms with van der Waals surface area (Å²) in [6, 6.07) is 15.8. The van der Waals surface area contributed by atoms with Crippen molar-refractivity contribution in [2.24, 2.45) is 0 Å². The molecule has 0 fully saturated rings. The van der Waals surface area contributed by atoms with E-state index >= 15 is 0 Å². The van der Waals surface area contributed by atoms with Gasteiger partial charge in [-0.2, -0.15) is 5.26 Å². The van der Waals surface area contributed by atoms with Crippen molar-refractivity contribution in [3.05, 3.63) is 58.1 Å². The fourth-order valence-electron chi connectivity index (χ4n) is 2.14. The monoisotopic (exact) mass is 329 g/mol. The van der Waals surface area contributed by atoms with E-state index in [1.54, 1.807) is 0 Å². The zero-order valence-electron chi connectivity index (χ0n) is 11.5. The molecule has 20 heavy (non-hydrogen) atoms. The van der Waals surface area contributed by atoms with Crippen molar-refractivity contribution in [1.29, 1.82) is 5.26 Å². The molecule has 0 aliphatic heterocycles. The molecule has 0 aliphatic carbocycles. The van der Waals surface area contributed by atoms with Gasteiger partial charge in [-0.05, 0) is 42.8 Å². The molecule has 2 N–H and O–H groups in total. The molecule has 0 bridgehead atoms. The van der Waals surface area contributed by atoms with E-state index in [1.807, 2.05) is 49.5 Å². The lowest BCUT2D eigenvalue weighted by Crippen LogP contribution is -2.22. The number of benzene rings is 2. The molecule has 0 spiro atoms. The predicted molar refractivity (Wildman–Crippen MR) is 86.5 cm³/mol. The third kappa shape index (κ3) is 2.94. The Kier molecular flexibility index (Phi) is 4.31. The lowest BCUT2D eigenvalue weighted by molar-refractivity contribution is 0.739. The van der Waals surface area contributed by atoms with E-state index in [9.17, 15) is 5.26 Å². The summed E-state index contributed by atoms with van der Waals surface area (Å²) in [5, 5.41) is 9.24. The van der Waals surface area contributed by atoms with E-state index in [-0.39, 0.29) is 6.04 Å². The van der Waals surface area contributed by atoms with Crippen LogP contribution in [0.15, 0.2) is 46.9 Å². The Morgan fingerprint density at radius 2 is 2.00 bits per heavy atom.